The number of benzene rings is 2. The van der Waals surface area contributed by atoms with E-state index in [1.165, 1.54) is 0 Å². The Morgan fingerprint density at radius 1 is 1.14 bits per heavy atom. The number of ether oxygens (including phenoxy) is 1. The molecule has 178 valence electrons. The van der Waals surface area contributed by atoms with Crippen LogP contribution in [0.3, 0.4) is 0 Å². The van der Waals surface area contributed by atoms with Crippen LogP contribution in [0.1, 0.15) is 24.8 Å². The van der Waals surface area contributed by atoms with Gasteiger partial charge in [-0.05, 0) is 36.5 Å². The summed E-state index contributed by atoms with van der Waals surface area (Å²) in [6.07, 6.45) is 1.38. The zero-order chi connectivity index (χ0) is 24.6. The third kappa shape index (κ3) is 4.04. The van der Waals surface area contributed by atoms with Crippen LogP contribution in [0.2, 0.25) is 0 Å². The highest BCUT2D eigenvalue weighted by Crippen LogP contribution is 2.44. The molecule has 2 heterocycles. The number of fused-ring (bicyclic) bond motifs is 1. The summed E-state index contributed by atoms with van der Waals surface area (Å²) in [7, 11) is -3.81. The molecule has 5 rings (SSSR count). The lowest BCUT2D eigenvalue weighted by molar-refractivity contribution is 0.144. The first-order valence-corrected chi connectivity index (χ1v) is 12.7. The molecule has 10 heteroatoms. The topological polar surface area (TPSA) is 133 Å². The highest BCUT2D eigenvalue weighted by Gasteiger charge is 2.40. The van der Waals surface area contributed by atoms with Crippen molar-refractivity contribution in [3.05, 3.63) is 66.2 Å². The molecular formula is C25H22N4O5S. The predicted octanol–water partition coefficient (Wildman–Crippen LogP) is 4.07. The standard InChI is InChI=1S/C25H22N4O5S/c26-13-14-29-21-15-20(17-5-2-1-3-6-17)22(27-23(21)34-16-35(29,32)33)18-7-9-19(10-8-18)25(11-4-12-25)28-24(30)31/h1-3,5-10,15,28H,4,11-12,14,16H2,(H,30,31). The van der Waals surface area contributed by atoms with Crippen LogP contribution < -0.4 is 14.4 Å². The molecule has 1 aliphatic carbocycles. The van der Waals surface area contributed by atoms with E-state index < -0.39 is 27.6 Å². The first-order chi connectivity index (χ1) is 16.8. The van der Waals surface area contributed by atoms with Crippen molar-refractivity contribution in [2.75, 3.05) is 16.8 Å². The molecule has 0 atom stereocenters. The third-order valence-electron chi connectivity index (χ3n) is 6.48. The van der Waals surface area contributed by atoms with Gasteiger partial charge in [-0.2, -0.15) is 5.26 Å². The molecule has 0 bridgehead atoms. The molecule has 1 aromatic heterocycles. The van der Waals surface area contributed by atoms with Crippen LogP contribution in [0, 0.1) is 11.3 Å². The van der Waals surface area contributed by atoms with E-state index in [9.17, 15) is 23.6 Å². The average Bonchev–Trinajstić information content (AvgIpc) is 2.83. The lowest BCUT2D eigenvalue weighted by Crippen LogP contribution is -2.50. The zero-order valence-electron chi connectivity index (χ0n) is 18.6. The van der Waals surface area contributed by atoms with Gasteiger partial charge < -0.3 is 15.2 Å². The number of rotatable bonds is 5. The lowest BCUT2D eigenvalue weighted by Gasteiger charge is -2.42. The summed E-state index contributed by atoms with van der Waals surface area (Å²) in [5.41, 5.74) is 3.39. The van der Waals surface area contributed by atoms with Gasteiger partial charge in [0.15, 0.2) is 0 Å². The maximum atomic E-state index is 12.6. The Labute approximate surface area is 202 Å². The van der Waals surface area contributed by atoms with Crippen LogP contribution in [-0.4, -0.2) is 37.1 Å². The molecule has 1 aliphatic heterocycles. The summed E-state index contributed by atoms with van der Waals surface area (Å²) in [6, 6.07) is 20.6. The second-order valence-corrected chi connectivity index (χ2v) is 10.4. The minimum atomic E-state index is -3.81. The van der Waals surface area contributed by atoms with Gasteiger partial charge in [0.25, 0.3) is 10.0 Å². The number of amides is 1. The van der Waals surface area contributed by atoms with E-state index in [1.807, 2.05) is 60.7 Å². The number of anilines is 1. The van der Waals surface area contributed by atoms with Crippen molar-refractivity contribution >= 4 is 21.8 Å². The molecule has 3 aromatic rings. The average molecular weight is 491 g/mol. The molecule has 35 heavy (non-hydrogen) atoms. The van der Waals surface area contributed by atoms with Crippen LogP contribution in [0.25, 0.3) is 22.4 Å². The molecule has 2 aliphatic rings. The number of sulfonamides is 1. The molecular weight excluding hydrogens is 468 g/mol. The number of carboxylic acid groups (broad SMARTS) is 1. The molecule has 1 amide bonds. The molecule has 1 saturated carbocycles. The van der Waals surface area contributed by atoms with Gasteiger partial charge >= 0.3 is 6.09 Å². The number of nitrogens with zero attached hydrogens (tertiary/aromatic N) is 3. The summed E-state index contributed by atoms with van der Waals surface area (Å²) < 4.78 is 31.6. The van der Waals surface area contributed by atoms with Gasteiger partial charge in [0.2, 0.25) is 11.8 Å². The molecule has 0 saturated heterocycles. The molecule has 1 fully saturated rings. The number of hydrogen-bond donors (Lipinski definition) is 2. The van der Waals surface area contributed by atoms with Gasteiger partial charge in [0.05, 0.1) is 17.3 Å². The van der Waals surface area contributed by atoms with E-state index in [2.05, 4.69) is 10.3 Å². The third-order valence-corrected chi connectivity index (χ3v) is 7.89. The van der Waals surface area contributed by atoms with Crippen LogP contribution in [0.5, 0.6) is 5.88 Å². The van der Waals surface area contributed by atoms with Crippen molar-refractivity contribution in [1.29, 1.82) is 5.26 Å². The van der Waals surface area contributed by atoms with Crippen molar-refractivity contribution in [3.8, 4) is 34.3 Å². The minimum Gasteiger partial charge on any atom is -0.465 e. The van der Waals surface area contributed by atoms with Crippen LogP contribution in [0.15, 0.2) is 60.7 Å². The number of nitrogens with one attached hydrogen (secondary N) is 1. The lowest BCUT2D eigenvalue weighted by atomic mass is 9.71. The number of aromatic nitrogens is 1. The predicted molar refractivity (Wildman–Crippen MR) is 129 cm³/mol. The second kappa shape index (κ2) is 8.60. The largest absolute Gasteiger partial charge is 0.465 e. The Kier molecular flexibility index (Phi) is 5.57. The molecule has 0 unspecified atom stereocenters. The molecule has 0 spiro atoms. The van der Waals surface area contributed by atoms with E-state index in [4.69, 9.17) is 4.74 Å². The molecule has 0 radical (unpaired) electrons. The monoisotopic (exact) mass is 490 g/mol. The first-order valence-electron chi connectivity index (χ1n) is 11.1. The van der Waals surface area contributed by atoms with Crippen molar-refractivity contribution in [3.63, 3.8) is 0 Å². The number of carbonyl (C=O) groups is 1. The smallest absolute Gasteiger partial charge is 0.405 e. The van der Waals surface area contributed by atoms with Gasteiger partial charge in [-0.15, -0.1) is 0 Å². The second-order valence-electron chi connectivity index (χ2n) is 8.56. The summed E-state index contributed by atoms with van der Waals surface area (Å²) in [4.78, 5) is 16.0. The first kappa shape index (κ1) is 22.7. The zero-order valence-corrected chi connectivity index (χ0v) is 19.5. The fourth-order valence-corrected chi connectivity index (χ4v) is 5.66. The molecule has 2 N–H and O–H groups in total. The molecule has 9 nitrogen and oxygen atoms in total. The van der Waals surface area contributed by atoms with Crippen molar-refractivity contribution in [2.45, 2.75) is 24.8 Å². The summed E-state index contributed by atoms with van der Waals surface area (Å²) in [6.45, 7) is -0.346. The Hall–Kier alpha value is -4.10. The Balaban J connectivity index is 1.63. The number of pyridine rings is 1. The fourth-order valence-electron chi connectivity index (χ4n) is 4.59. The number of nitriles is 1. The van der Waals surface area contributed by atoms with Crippen LogP contribution in [0.4, 0.5) is 10.5 Å². The maximum Gasteiger partial charge on any atom is 0.405 e. The summed E-state index contributed by atoms with van der Waals surface area (Å²) in [5.74, 6) is -0.460. The maximum absolute atomic E-state index is 12.6. The Morgan fingerprint density at radius 2 is 1.86 bits per heavy atom. The highest BCUT2D eigenvalue weighted by molar-refractivity contribution is 7.92. The van der Waals surface area contributed by atoms with Gasteiger partial charge in [-0.1, -0.05) is 54.6 Å². The van der Waals surface area contributed by atoms with Crippen molar-refractivity contribution < 1.29 is 23.1 Å². The Bertz CT molecular complexity index is 1430. The highest BCUT2D eigenvalue weighted by atomic mass is 32.2. The van der Waals surface area contributed by atoms with Crippen molar-refractivity contribution in [2.24, 2.45) is 0 Å². The van der Waals surface area contributed by atoms with E-state index >= 15 is 0 Å². The van der Waals surface area contributed by atoms with Crippen molar-refractivity contribution in [1.82, 2.24) is 10.3 Å². The van der Waals surface area contributed by atoms with E-state index in [1.54, 1.807) is 6.07 Å². The molecule has 2 aromatic carbocycles. The van der Waals surface area contributed by atoms with Crippen LogP contribution >= 0.6 is 0 Å². The van der Waals surface area contributed by atoms with E-state index in [-0.39, 0.29) is 18.1 Å². The van der Waals surface area contributed by atoms with E-state index in [0.717, 1.165) is 40.3 Å². The Morgan fingerprint density at radius 3 is 2.46 bits per heavy atom. The van der Waals surface area contributed by atoms with Gasteiger partial charge in [-0.3, -0.25) is 0 Å². The SMILES string of the molecule is N#CCN1c2cc(-c3ccccc3)c(-c3ccc(C4(NC(=O)O)CCC4)cc3)nc2OCS1(=O)=O. The minimum absolute atomic E-state index is 0.136. The van der Waals surface area contributed by atoms with E-state index in [0.29, 0.717) is 11.3 Å². The van der Waals surface area contributed by atoms with Gasteiger partial charge in [-0.25, -0.2) is 22.5 Å². The summed E-state index contributed by atoms with van der Waals surface area (Å²) >= 11 is 0. The van der Waals surface area contributed by atoms with Crippen LogP contribution in [-0.2, 0) is 15.6 Å². The van der Waals surface area contributed by atoms with Gasteiger partial charge in [0.1, 0.15) is 12.2 Å². The number of hydrogen-bond acceptors (Lipinski definition) is 6. The van der Waals surface area contributed by atoms with Gasteiger partial charge in [0, 0.05) is 11.1 Å². The summed E-state index contributed by atoms with van der Waals surface area (Å²) in [5, 5.41) is 21.1. The normalized spacial score (nSPS) is 17.3. The quantitative estimate of drug-likeness (QED) is 0.515. The fraction of sp³-hybridized carbons (Fsp3) is 0.240.